The van der Waals surface area contributed by atoms with Crippen molar-refractivity contribution in [2.24, 2.45) is 5.10 Å². The third-order valence-corrected chi connectivity index (χ3v) is 5.51. The van der Waals surface area contributed by atoms with E-state index < -0.39 is 35.9 Å². The van der Waals surface area contributed by atoms with Crippen LogP contribution in [0.2, 0.25) is 0 Å². The molecule has 39 heavy (non-hydrogen) atoms. The van der Waals surface area contributed by atoms with Crippen LogP contribution in [0.5, 0.6) is 0 Å². The summed E-state index contributed by atoms with van der Waals surface area (Å²) in [7, 11) is 0. The minimum atomic E-state index is -5.25. The Labute approximate surface area is 217 Å². The van der Waals surface area contributed by atoms with E-state index in [-0.39, 0.29) is 6.42 Å². The molecule has 1 aliphatic rings. The van der Waals surface area contributed by atoms with Gasteiger partial charge in [0.1, 0.15) is 11.5 Å². The number of carbonyl (C=O) groups is 2. The van der Waals surface area contributed by atoms with Crippen LogP contribution in [0, 0.1) is 17.7 Å². The fraction of sp³-hybridized carbons (Fsp3) is 0.115. The van der Waals surface area contributed by atoms with Gasteiger partial charge in [0.15, 0.2) is 5.65 Å². The molecule has 0 saturated carbocycles. The van der Waals surface area contributed by atoms with Crippen molar-refractivity contribution in [3.8, 4) is 11.8 Å². The first-order valence-electron chi connectivity index (χ1n) is 11.3. The van der Waals surface area contributed by atoms with E-state index in [1.54, 1.807) is 53.3 Å². The first kappa shape index (κ1) is 25.4. The van der Waals surface area contributed by atoms with Gasteiger partial charge >= 0.3 is 18.2 Å². The number of hydrogen-bond acceptors (Lipinski definition) is 6. The van der Waals surface area contributed by atoms with Crippen molar-refractivity contribution in [2.75, 3.05) is 5.32 Å². The Morgan fingerprint density at radius 3 is 2.62 bits per heavy atom. The zero-order chi connectivity index (χ0) is 27.6. The number of halogens is 4. The molecule has 0 bridgehead atoms. The molecule has 3 heterocycles. The quantitative estimate of drug-likeness (QED) is 0.228. The van der Waals surface area contributed by atoms with Gasteiger partial charge in [-0.05, 0) is 53.9 Å². The highest BCUT2D eigenvalue weighted by Gasteiger charge is 2.44. The molecular formula is C26H16F4N6O3. The Hall–Kier alpha value is -5.25. The van der Waals surface area contributed by atoms with Crippen molar-refractivity contribution < 1.29 is 31.9 Å². The molecule has 1 aliphatic heterocycles. The van der Waals surface area contributed by atoms with Gasteiger partial charge in [-0.25, -0.2) is 28.5 Å². The van der Waals surface area contributed by atoms with Crippen molar-refractivity contribution in [1.29, 1.82) is 0 Å². The Morgan fingerprint density at radius 1 is 1.05 bits per heavy atom. The van der Waals surface area contributed by atoms with Crippen molar-refractivity contribution in [1.82, 2.24) is 19.6 Å². The molecule has 4 aromatic rings. The summed E-state index contributed by atoms with van der Waals surface area (Å²) in [6.45, 7) is 0. The zero-order valence-corrected chi connectivity index (χ0v) is 19.7. The maximum atomic E-state index is 13.4. The number of hydrogen-bond donors (Lipinski definition) is 1. The molecule has 2 amide bonds. The summed E-state index contributed by atoms with van der Waals surface area (Å²) < 4.78 is 57.4. The standard InChI is InChI=1S/C26H16F4N6O3/c27-18-9-7-17(8-10-18)21-14-23(39-24(37)26(28,29)30)34-36(21)25(38)33-19-4-1-3-16(13-19)6-11-20-15-31-22-5-2-12-32-35(20)22/h1-5,7-10,12-13,15,21H,14H2,(H,33,38)/t21-/m1/s1. The van der Waals surface area contributed by atoms with Crippen LogP contribution in [0.3, 0.4) is 0 Å². The molecule has 0 fully saturated rings. The number of imidazole rings is 1. The van der Waals surface area contributed by atoms with Gasteiger partial charge in [-0.15, -0.1) is 5.10 Å². The molecule has 13 heteroatoms. The molecule has 0 unspecified atom stereocenters. The lowest BCUT2D eigenvalue weighted by atomic mass is 10.0. The van der Waals surface area contributed by atoms with Gasteiger partial charge in [-0.2, -0.15) is 18.3 Å². The summed E-state index contributed by atoms with van der Waals surface area (Å²) in [5.41, 5.74) is 2.41. The number of urea groups is 1. The lowest BCUT2D eigenvalue weighted by Gasteiger charge is -2.22. The molecule has 2 aromatic carbocycles. The number of amides is 2. The Balaban J connectivity index is 1.37. The van der Waals surface area contributed by atoms with Crippen LogP contribution in [0.1, 0.15) is 29.3 Å². The van der Waals surface area contributed by atoms with E-state index in [1.165, 1.54) is 12.1 Å². The first-order chi connectivity index (χ1) is 18.7. The van der Waals surface area contributed by atoms with Crippen LogP contribution in [0.25, 0.3) is 5.65 Å². The van der Waals surface area contributed by atoms with Crippen molar-refractivity contribution in [3.05, 3.63) is 95.7 Å². The summed E-state index contributed by atoms with van der Waals surface area (Å²) in [5.74, 6) is 2.30. The van der Waals surface area contributed by atoms with E-state index in [1.807, 2.05) is 0 Å². The number of alkyl halides is 3. The fourth-order valence-corrected chi connectivity index (χ4v) is 3.75. The number of hydrazone groups is 1. The second-order valence-corrected chi connectivity index (χ2v) is 8.20. The number of anilines is 1. The second kappa shape index (κ2) is 10.3. The van der Waals surface area contributed by atoms with Gasteiger partial charge in [0.05, 0.1) is 18.7 Å². The summed E-state index contributed by atoms with van der Waals surface area (Å²) in [4.78, 5) is 28.6. The van der Waals surface area contributed by atoms with E-state index in [4.69, 9.17) is 0 Å². The van der Waals surface area contributed by atoms with Gasteiger partial charge in [-0.1, -0.05) is 24.1 Å². The minimum Gasteiger partial charge on any atom is -0.403 e. The van der Waals surface area contributed by atoms with Gasteiger partial charge in [0.2, 0.25) is 5.90 Å². The first-order valence-corrected chi connectivity index (χ1v) is 11.3. The SMILES string of the molecule is O=C(Nc1cccc(C#Cc2cnc3cccnn23)c1)N1N=C(OC(=O)C(F)(F)F)C[C@@H]1c1ccc(F)cc1. The molecule has 0 radical (unpaired) electrons. The van der Waals surface area contributed by atoms with E-state index in [9.17, 15) is 27.2 Å². The molecule has 1 atom stereocenters. The maximum absolute atomic E-state index is 13.4. The predicted molar refractivity (Wildman–Crippen MR) is 130 cm³/mol. The van der Waals surface area contributed by atoms with Crippen LogP contribution in [0.15, 0.2) is 78.2 Å². The topological polar surface area (TPSA) is 101 Å². The number of rotatable bonds is 2. The average Bonchev–Trinajstić information content (AvgIpc) is 3.52. The highest BCUT2D eigenvalue weighted by Crippen LogP contribution is 2.32. The second-order valence-electron chi connectivity index (χ2n) is 8.20. The third kappa shape index (κ3) is 5.69. The van der Waals surface area contributed by atoms with E-state index >= 15 is 0 Å². The van der Waals surface area contributed by atoms with Crippen LogP contribution in [-0.2, 0) is 9.53 Å². The molecule has 0 aliphatic carbocycles. The van der Waals surface area contributed by atoms with Crippen molar-refractivity contribution in [3.63, 3.8) is 0 Å². The van der Waals surface area contributed by atoms with Crippen molar-refractivity contribution in [2.45, 2.75) is 18.6 Å². The number of esters is 1. The maximum Gasteiger partial charge on any atom is 0.491 e. The number of carbonyl (C=O) groups excluding carboxylic acids is 2. The highest BCUT2D eigenvalue weighted by molar-refractivity contribution is 5.96. The molecule has 2 aromatic heterocycles. The van der Waals surface area contributed by atoms with Gasteiger partial charge in [0, 0.05) is 17.4 Å². The van der Waals surface area contributed by atoms with Crippen LogP contribution >= 0.6 is 0 Å². The smallest absolute Gasteiger partial charge is 0.403 e. The number of aromatic nitrogens is 3. The Morgan fingerprint density at radius 2 is 1.85 bits per heavy atom. The molecule has 0 spiro atoms. The molecule has 0 saturated heterocycles. The van der Waals surface area contributed by atoms with Gasteiger partial charge in [-0.3, -0.25) is 0 Å². The van der Waals surface area contributed by atoms with Crippen molar-refractivity contribution >= 4 is 29.2 Å². The lowest BCUT2D eigenvalue weighted by molar-refractivity contribution is -0.191. The Kier molecular flexibility index (Phi) is 6.68. The minimum absolute atomic E-state index is 0.317. The number of nitrogens with zero attached hydrogens (tertiary/aromatic N) is 5. The summed E-state index contributed by atoms with van der Waals surface area (Å²) in [6.07, 6.45) is -2.40. The van der Waals surface area contributed by atoms with Crippen LogP contribution in [0.4, 0.5) is 28.0 Å². The average molecular weight is 536 g/mol. The number of nitrogens with one attached hydrogen (secondary N) is 1. The number of benzene rings is 2. The fourth-order valence-electron chi connectivity index (χ4n) is 3.75. The van der Waals surface area contributed by atoms with E-state index in [0.29, 0.717) is 28.2 Å². The van der Waals surface area contributed by atoms with Crippen LogP contribution in [-0.4, -0.2) is 43.7 Å². The lowest BCUT2D eigenvalue weighted by Crippen LogP contribution is -2.31. The molecular weight excluding hydrogens is 520 g/mol. The molecule has 196 valence electrons. The largest absolute Gasteiger partial charge is 0.491 e. The molecule has 9 nitrogen and oxygen atoms in total. The van der Waals surface area contributed by atoms with Gasteiger partial charge in [0.25, 0.3) is 0 Å². The Bertz CT molecular complexity index is 1650. The van der Waals surface area contributed by atoms with Gasteiger partial charge < -0.3 is 10.1 Å². The summed E-state index contributed by atoms with van der Waals surface area (Å²) in [6, 6.07) is 13.3. The number of ether oxygens (including phenoxy) is 1. The molecule has 1 N–H and O–H groups in total. The monoisotopic (exact) mass is 536 g/mol. The number of fused-ring (bicyclic) bond motifs is 1. The predicted octanol–water partition coefficient (Wildman–Crippen LogP) is 4.67. The zero-order valence-electron chi connectivity index (χ0n) is 19.7. The molecule has 5 rings (SSSR count). The third-order valence-electron chi connectivity index (χ3n) is 5.51. The highest BCUT2D eigenvalue weighted by atomic mass is 19.4. The normalized spacial score (nSPS) is 14.9. The van der Waals surface area contributed by atoms with E-state index in [2.05, 4.69) is 37.1 Å². The summed E-state index contributed by atoms with van der Waals surface area (Å²) >= 11 is 0. The van der Waals surface area contributed by atoms with E-state index in [0.717, 1.165) is 17.1 Å². The summed E-state index contributed by atoms with van der Waals surface area (Å²) in [5, 5.41) is 11.4. The van der Waals surface area contributed by atoms with Crippen LogP contribution < -0.4 is 5.32 Å².